The molecule has 108 valence electrons. The zero-order chi connectivity index (χ0) is 14.3. The van der Waals surface area contributed by atoms with Crippen LogP contribution >= 0.6 is 15.9 Å². The van der Waals surface area contributed by atoms with Gasteiger partial charge in [-0.05, 0) is 37.9 Å². The van der Waals surface area contributed by atoms with Crippen molar-refractivity contribution in [2.45, 2.75) is 33.7 Å². The molecule has 0 bridgehead atoms. The molecule has 0 saturated heterocycles. The molecule has 0 saturated carbocycles. The largest absolute Gasteiger partial charge is 0.493 e. The molecule has 0 aliphatic rings. The highest BCUT2D eigenvalue weighted by Crippen LogP contribution is 2.34. The van der Waals surface area contributed by atoms with E-state index >= 15 is 0 Å². The first kappa shape index (κ1) is 16.3. The minimum Gasteiger partial charge on any atom is -0.493 e. The zero-order valence-electron chi connectivity index (χ0n) is 12.3. The van der Waals surface area contributed by atoms with E-state index in [4.69, 9.17) is 9.47 Å². The lowest BCUT2D eigenvalue weighted by molar-refractivity contribution is 0.306. The molecule has 0 amide bonds. The van der Waals surface area contributed by atoms with Crippen LogP contribution in [0, 0.1) is 5.92 Å². The molecule has 0 aromatic heterocycles. The molecular weight excluding hydrogens is 306 g/mol. The van der Waals surface area contributed by atoms with Crippen LogP contribution in [0.25, 0.3) is 0 Å². The first-order valence-corrected chi connectivity index (χ1v) is 7.57. The fourth-order valence-corrected chi connectivity index (χ4v) is 2.31. The summed E-state index contributed by atoms with van der Waals surface area (Å²) < 4.78 is 12.1. The molecule has 19 heavy (non-hydrogen) atoms. The van der Waals surface area contributed by atoms with Crippen LogP contribution in [-0.2, 0) is 6.54 Å². The first-order valence-electron chi connectivity index (χ1n) is 6.78. The van der Waals surface area contributed by atoms with E-state index in [2.05, 4.69) is 41.2 Å². The fraction of sp³-hybridized carbons (Fsp3) is 0.600. The van der Waals surface area contributed by atoms with Crippen LogP contribution in [-0.4, -0.2) is 20.3 Å². The molecule has 1 aromatic rings. The number of benzene rings is 1. The van der Waals surface area contributed by atoms with Crippen molar-refractivity contribution in [3.63, 3.8) is 0 Å². The van der Waals surface area contributed by atoms with Crippen LogP contribution in [0.5, 0.6) is 11.5 Å². The van der Waals surface area contributed by atoms with Gasteiger partial charge in [0.1, 0.15) is 0 Å². The molecule has 0 unspecified atom stereocenters. The van der Waals surface area contributed by atoms with Gasteiger partial charge in [0.2, 0.25) is 0 Å². The Bertz CT molecular complexity index is 394. The van der Waals surface area contributed by atoms with Gasteiger partial charge in [0.05, 0.1) is 13.7 Å². The van der Waals surface area contributed by atoms with E-state index in [1.165, 1.54) is 6.42 Å². The molecular formula is C15H24BrNO2. The van der Waals surface area contributed by atoms with E-state index in [0.29, 0.717) is 6.61 Å². The number of hydrogen-bond acceptors (Lipinski definition) is 3. The third-order valence-corrected chi connectivity index (χ3v) is 3.28. The Morgan fingerprint density at radius 3 is 2.63 bits per heavy atom. The van der Waals surface area contributed by atoms with Crippen LogP contribution in [0.4, 0.5) is 0 Å². The molecule has 0 radical (unpaired) electrons. The molecule has 1 aromatic carbocycles. The zero-order valence-corrected chi connectivity index (χ0v) is 13.8. The van der Waals surface area contributed by atoms with Crippen molar-refractivity contribution in [2.75, 3.05) is 20.3 Å². The van der Waals surface area contributed by atoms with Crippen LogP contribution < -0.4 is 14.8 Å². The summed E-state index contributed by atoms with van der Waals surface area (Å²) in [5.41, 5.74) is 1.12. The van der Waals surface area contributed by atoms with Crippen molar-refractivity contribution in [3.05, 3.63) is 22.2 Å². The summed E-state index contributed by atoms with van der Waals surface area (Å²) in [6.45, 7) is 8.88. The molecule has 0 fully saturated rings. The Hall–Kier alpha value is -0.740. The topological polar surface area (TPSA) is 30.5 Å². The van der Waals surface area contributed by atoms with E-state index < -0.39 is 0 Å². The third-order valence-electron chi connectivity index (χ3n) is 2.82. The number of nitrogens with one attached hydrogen (secondary N) is 1. The van der Waals surface area contributed by atoms with Gasteiger partial charge in [-0.15, -0.1) is 0 Å². The highest BCUT2D eigenvalue weighted by molar-refractivity contribution is 9.10. The van der Waals surface area contributed by atoms with E-state index in [-0.39, 0.29) is 0 Å². The summed E-state index contributed by atoms with van der Waals surface area (Å²) in [7, 11) is 1.67. The lowest BCUT2D eigenvalue weighted by Gasteiger charge is -2.15. The van der Waals surface area contributed by atoms with Gasteiger partial charge in [-0.25, -0.2) is 0 Å². The highest BCUT2D eigenvalue weighted by atomic mass is 79.9. The van der Waals surface area contributed by atoms with Crippen molar-refractivity contribution in [1.82, 2.24) is 5.32 Å². The maximum atomic E-state index is 5.71. The molecule has 0 spiro atoms. The Kier molecular flexibility index (Phi) is 7.24. The normalized spacial score (nSPS) is 10.8. The van der Waals surface area contributed by atoms with E-state index in [1.807, 2.05) is 13.0 Å². The summed E-state index contributed by atoms with van der Waals surface area (Å²) in [5, 5.41) is 3.45. The van der Waals surface area contributed by atoms with Crippen molar-refractivity contribution >= 4 is 15.9 Å². The monoisotopic (exact) mass is 329 g/mol. The van der Waals surface area contributed by atoms with Crippen LogP contribution in [0.3, 0.4) is 0 Å². The van der Waals surface area contributed by atoms with Gasteiger partial charge in [-0.1, -0.05) is 29.8 Å². The summed E-state index contributed by atoms with van der Waals surface area (Å²) >= 11 is 3.51. The van der Waals surface area contributed by atoms with E-state index in [1.54, 1.807) is 7.11 Å². The van der Waals surface area contributed by atoms with Crippen molar-refractivity contribution in [2.24, 2.45) is 5.92 Å². The summed E-state index contributed by atoms with van der Waals surface area (Å²) in [5.74, 6) is 2.33. The molecule has 0 heterocycles. The SMILES string of the molecule is CCOc1c(CNCCC(C)C)cc(Br)cc1OC. The van der Waals surface area contributed by atoms with Crippen molar-refractivity contribution in [1.29, 1.82) is 0 Å². The molecule has 1 N–H and O–H groups in total. The molecule has 4 heteroatoms. The Morgan fingerprint density at radius 2 is 2.05 bits per heavy atom. The number of methoxy groups -OCH3 is 1. The van der Waals surface area contributed by atoms with Gasteiger partial charge in [-0.3, -0.25) is 0 Å². The van der Waals surface area contributed by atoms with E-state index in [9.17, 15) is 0 Å². The minimum absolute atomic E-state index is 0.636. The van der Waals surface area contributed by atoms with Gasteiger partial charge in [0.15, 0.2) is 11.5 Å². The molecule has 1 rings (SSSR count). The quantitative estimate of drug-likeness (QED) is 0.731. The number of rotatable bonds is 8. The van der Waals surface area contributed by atoms with Gasteiger partial charge in [-0.2, -0.15) is 0 Å². The second kappa shape index (κ2) is 8.43. The van der Waals surface area contributed by atoms with Crippen molar-refractivity contribution < 1.29 is 9.47 Å². The minimum atomic E-state index is 0.636. The van der Waals surface area contributed by atoms with Gasteiger partial charge in [0, 0.05) is 16.6 Å². The Balaban J connectivity index is 2.76. The Morgan fingerprint density at radius 1 is 1.32 bits per heavy atom. The smallest absolute Gasteiger partial charge is 0.165 e. The second-order valence-corrected chi connectivity index (χ2v) is 5.80. The lowest BCUT2D eigenvalue weighted by atomic mass is 10.1. The van der Waals surface area contributed by atoms with Gasteiger partial charge in [0.25, 0.3) is 0 Å². The summed E-state index contributed by atoms with van der Waals surface area (Å²) in [6.07, 6.45) is 1.18. The average Bonchev–Trinajstić information content (AvgIpc) is 2.36. The average molecular weight is 330 g/mol. The van der Waals surface area contributed by atoms with Crippen LogP contribution in [0.2, 0.25) is 0 Å². The predicted molar refractivity (Wildman–Crippen MR) is 83.0 cm³/mol. The number of ether oxygens (including phenoxy) is 2. The second-order valence-electron chi connectivity index (χ2n) is 4.89. The van der Waals surface area contributed by atoms with Gasteiger partial charge >= 0.3 is 0 Å². The molecule has 3 nitrogen and oxygen atoms in total. The maximum absolute atomic E-state index is 5.71. The molecule has 0 atom stereocenters. The van der Waals surface area contributed by atoms with Gasteiger partial charge < -0.3 is 14.8 Å². The van der Waals surface area contributed by atoms with Crippen LogP contribution in [0.15, 0.2) is 16.6 Å². The fourth-order valence-electron chi connectivity index (χ4n) is 1.83. The van der Waals surface area contributed by atoms with E-state index in [0.717, 1.165) is 40.5 Å². The number of hydrogen-bond donors (Lipinski definition) is 1. The predicted octanol–water partition coefficient (Wildman–Crippen LogP) is 3.99. The maximum Gasteiger partial charge on any atom is 0.165 e. The number of halogens is 1. The molecule has 0 aliphatic carbocycles. The summed E-state index contributed by atoms with van der Waals surface area (Å²) in [4.78, 5) is 0. The van der Waals surface area contributed by atoms with Crippen LogP contribution in [0.1, 0.15) is 32.8 Å². The summed E-state index contributed by atoms with van der Waals surface area (Å²) in [6, 6.07) is 4.01. The molecule has 0 aliphatic heterocycles. The highest BCUT2D eigenvalue weighted by Gasteiger charge is 2.12. The Labute approximate surface area is 124 Å². The third kappa shape index (κ3) is 5.41. The lowest BCUT2D eigenvalue weighted by Crippen LogP contribution is -2.17. The standard InChI is InChI=1S/C15H24BrNO2/c1-5-19-15-12(10-17-7-6-11(2)3)8-13(16)9-14(15)18-4/h8-9,11,17H,5-7,10H2,1-4H3. The van der Waals surface area contributed by atoms with Crippen molar-refractivity contribution in [3.8, 4) is 11.5 Å². The first-order chi connectivity index (χ1) is 9.08.